The van der Waals surface area contributed by atoms with E-state index in [2.05, 4.69) is 4.98 Å². The van der Waals surface area contributed by atoms with Crippen molar-refractivity contribution in [2.24, 2.45) is 0 Å². The monoisotopic (exact) mass is 268 g/mol. The van der Waals surface area contributed by atoms with E-state index < -0.39 is 11.7 Å². The molecule has 0 N–H and O–H groups in total. The van der Waals surface area contributed by atoms with Crippen molar-refractivity contribution in [2.45, 2.75) is 6.54 Å². The number of ether oxygens (including phenoxy) is 1. The first-order chi connectivity index (χ1) is 9.72. The number of carbonyl (C=O) groups is 2. The van der Waals surface area contributed by atoms with Crippen LogP contribution >= 0.6 is 0 Å². The molecular weight excluding hydrogens is 256 g/mol. The molecule has 0 saturated carbocycles. The third-order valence-corrected chi connectivity index (χ3v) is 3.25. The first-order valence-electron chi connectivity index (χ1n) is 6.15. The van der Waals surface area contributed by atoms with Gasteiger partial charge in [-0.3, -0.25) is 9.59 Å². The van der Waals surface area contributed by atoms with Crippen LogP contribution in [0.3, 0.4) is 0 Å². The van der Waals surface area contributed by atoms with Crippen LogP contribution in [0.25, 0.3) is 0 Å². The number of amides is 1. The summed E-state index contributed by atoms with van der Waals surface area (Å²) in [7, 11) is 1.52. The maximum atomic E-state index is 12.1. The molecule has 0 spiro atoms. The number of pyridine rings is 1. The van der Waals surface area contributed by atoms with Crippen molar-refractivity contribution in [3.05, 3.63) is 53.7 Å². The average Bonchev–Trinajstić information content (AvgIpc) is 2.73. The highest BCUT2D eigenvalue weighted by Crippen LogP contribution is 2.31. The molecule has 0 radical (unpaired) electrons. The predicted molar refractivity (Wildman–Crippen MR) is 72.8 cm³/mol. The molecule has 0 atom stereocenters. The number of anilines is 1. The van der Waals surface area contributed by atoms with Crippen molar-refractivity contribution in [2.75, 3.05) is 12.0 Å². The van der Waals surface area contributed by atoms with E-state index in [1.54, 1.807) is 36.5 Å². The second-order valence-electron chi connectivity index (χ2n) is 4.41. The van der Waals surface area contributed by atoms with Crippen molar-refractivity contribution in [3.8, 4) is 5.88 Å². The van der Waals surface area contributed by atoms with Gasteiger partial charge in [-0.15, -0.1) is 0 Å². The Morgan fingerprint density at radius 3 is 2.75 bits per heavy atom. The maximum absolute atomic E-state index is 12.1. The molecule has 1 aromatic heterocycles. The van der Waals surface area contributed by atoms with E-state index in [4.69, 9.17) is 4.74 Å². The molecule has 100 valence electrons. The highest BCUT2D eigenvalue weighted by Gasteiger charge is 2.35. The lowest BCUT2D eigenvalue weighted by Crippen LogP contribution is -2.29. The standard InChI is InChI=1S/C15H12N2O3/c1-20-14-10(5-4-8-16-14)9-17-12-7-3-2-6-11(12)13(18)15(17)19/h2-8H,9H2,1H3. The number of aromatic nitrogens is 1. The minimum Gasteiger partial charge on any atom is -0.481 e. The Morgan fingerprint density at radius 2 is 1.95 bits per heavy atom. The van der Waals surface area contributed by atoms with Crippen LogP contribution in [0.1, 0.15) is 15.9 Å². The Hall–Kier alpha value is -2.69. The lowest BCUT2D eigenvalue weighted by atomic mass is 10.1. The summed E-state index contributed by atoms with van der Waals surface area (Å²) in [6.45, 7) is 0.262. The zero-order chi connectivity index (χ0) is 14.1. The minimum atomic E-state index is -0.517. The first-order valence-corrected chi connectivity index (χ1v) is 6.15. The van der Waals surface area contributed by atoms with Gasteiger partial charge in [-0.2, -0.15) is 0 Å². The number of nitrogens with zero attached hydrogens (tertiary/aromatic N) is 2. The van der Waals surface area contributed by atoms with Crippen molar-refractivity contribution in [1.29, 1.82) is 0 Å². The van der Waals surface area contributed by atoms with Crippen LogP contribution in [0.5, 0.6) is 5.88 Å². The van der Waals surface area contributed by atoms with Crippen LogP contribution in [0.2, 0.25) is 0 Å². The van der Waals surface area contributed by atoms with Gasteiger partial charge in [0.05, 0.1) is 24.9 Å². The Morgan fingerprint density at radius 1 is 1.15 bits per heavy atom. The van der Waals surface area contributed by atoms with Crippen molar-refractivity contribution >= 4 is 17.4 Å². The van der Waals surface area contributed by atoms with Crippen LogP contribution in [-0.2, 0) is 11.3 Å². The molecule has 0 fully saturated rings. The molecule has 5 heteroatoms. The third kappa shape index (κ3) is 1.84. The number of fused-ring (bicyclic) bond motifs is 1. The van der Waals surface area contributed by atoms with E-state index >= 15 is 0 Å². The van der Waals surface area contributed by atoms with Gasteiger partial charge in [-0.25, -0.2) is 4.98 Å². The quantitative estimate of drug-likeness (QED) is 0.797. The summed E-state index contributed by atoms with van der Waals surface area (Å²) in [6.07, 6.45) is 1.62. The molecule has 5 nitrogen and oxygen atoms in total. The summed E-state index contributed by atoms with van der Waals surface area (Å²) in [5, 5.41) is 0. The number of rotatable bonds is 3. The van der Waals surface area contributed by atoms with Gasteiger partial charge in [0.15, 0.2) is 0 Å². The number of hydrogen-bond donors (Lipinski definition) is 0. The number of Topliss-reactive ketones (excluding diaryl/α,β-unsaturated/α-hetero) is 1. The zero-order valence-electron chi connectivity index (χ0n) is 10.9. The molecule has 1 aromatic carbocycles. The van der Waals surface area contributed by atoms with E-state index in [1.807, 2.05) is 6.07 Å². The number of methoxy groups -OCH3 is 1. The Kier molecular flexibility index (Phi) is 2.95. The fourth-order valence-electron chi connectivity index (χ4n) is 2.30. The van der Waals surface area contributed by atoms with E-state index in [9.17, 15) is 9.59 Å². The number of hydrogen-bond acceptors (Lipinski definition) is 4. The number of benzene rings is 1. The number of para-hydroxylation sites is 1. The average molecular weight is 268 g/mol. The van der Waals surface area contributed by atoms with Crippen LogP contribution in [0.4, 0.5) is 5.69 Å². The summed E-state index contributed by atoms with van der Waals surface area (Å²) in [4.78, 5) is 29.5. The van der Waals surface area contributed by atoms with Crippen LogP contribution in [0, 0.1) is 0 Å². The molecule has 0 aliphatic carbocycles. The van der Waals surface area contributed by atoms with Gasteiger partial charge < -0.3 is 9.64 Å². The first kappa shape index (κ1) is 12.3. The molecule has 0 unspecified atom stereocenters. The van der Waals surface area contributed by atoms with Gasteiger partial charge in [-0.05, 0) is 18.2 Å². The molecule has 0 bridgehead atoms. The minimum absolute atomic E-state index is 0.262. The smallest absolute Gasteiger partial charge is 0.299 e. The Bertz CT molecular complexity index is 697. The highest BCUT2D eigenvalue weighted by molar-refractivity contribution is 6.52. The van der Waals surface area contributed by atoms with Crippen LogP contribution in [0.15, 0.2) is 42.6 Å². The largest absolute Gasteiger partial charge is 0.481 e. The van der Waals surface area contributed by atoms with Gasteiger partial charge in [0.1, 0.15) is 0 Å². The summed E-state index contributed by atoms with van der Waals surface area (Å²) >= 11 is 0. The highest BCUT2D eigenvalue weighted by atomic mass is 16.5. The lowest BCUT2D eigenvalue weighted by molar-refractivity contribution is -0.114. The second-order valence-corrected chi connectivity index (χ2v) is 4.41. The predicted octanol–water partition coefficient (Wildman–Crippen LogP) is 1.82. The van der Waals surface area contributed by atoms with Crippen LogP contribution in [-0.4, -0.2) is 23.8 Å². The molecule has 0 saturated heterocycles. The third-order valence-electron chi connectivity index (χ3n) is 3.25. The summed E-state index contributed by atoms with van der Waals surface area (Å²) < 4.78 is 5.17. The van der Waals surface area contributed by atoms with Gasteiger partial charge in [0.25, 0.3) is 11.7 Å². The molecule has 2 aromatic rings. The SMILES string of the molecule is COc1ncccc1CN1C(=O)C(=O)c2ccccc21. The van der Waals surface area contributed by atoms with Gasteiger partial charge in [0.2, 0.25) is 5.88 Å². The Balaban J connectivity index is 1.99. The topological polar surface area (TPSA) is 59.5 Å². The van der Waals surface area contributed by atoms with Gasteiger partial charge >= 0.3 is 0 Å². The van der Waals surface area contributed by atoms with Crippen molar-refractivity contribution in [1.82, 2.24) is 4.98 Å². The fourth-order valence-corrected chi connectivity index (χ4v) is 2.30. The second kappa shape index (κ2) is 4.77. The van der Waals surface area contributed by atoms with Gasteiger partial charge in [-0.1, -0.05) is 18.2 Å². The molecule has 1 aliphatic heterocycles. The molecule has 1 aliphatic rings. The molecule has 3 rings (SSSR count). The number of ketones is 1. The lowest BCUT2D eigenvalue weighted by Gasteiger charge is -2.17. The van der Waals surface area contributed by atoms with Gasteiger partial charge in [0, 0.05) is 11.8 Å². The zero-order valence-corrected chi connectivity index (χ0v) is 10.9. The number of carbonyl (C=O) groups excluding carboxylic acids is 2. The molecule has 20 heavy (non-hydrogen) atoms. The molecule has 2 heterocycles. The Labute approximate surface area is 115 Å². The van der Waals surface area contributed by atoms with Crippen molar-refractivity contribution < 1.29 is 14.3 Å². The molecule has 1 amide bonds. The van der Waals surface area contributed by atoms with E-state index in [1.165, 1.54) is 12.0 Å². The van der Waals surface area contributed by atoms with Crippen LogP contribution < -0.4 is 9.64 Å². The van der Waals surface area contributed by atoms with Crippen molar-refractivity contribution in [3.63, 3.8) is 0 Å². The summed E-state index contributed by atoms with van der Waals surface area (Å²) in [6, 6.07) is 10.6. The summed E-state index contributed by atoms with van der Waals surface area (Å²) in [5.41, 5.74) is 1.83. The molecular formula is C15H12N2O3. The van der Waals surface area contributed by atoms with E-state index in [0.717, 1.165) is 5.56 Å². The maximum Gasteiger partial charge on any atom is 0.299 e. The summed E-state index contributed by atoms with van der Waals surface area (Å²) in [5.74, 6) is -0.530. The normalized spacial score (nSPS) is 13.6. The fraction of sp³-hybridized carbons (Fsp3) is 0.133. The van der Waals surface area contributed by atoms with E-state index in [0.29, 0.717) is 17.1 Å². The van der Waals surface area contributed by atoms with E-state index in [-0.39, 0.29) is 6.54 Å².